The van der Waals surface area contributed by atoms with Gasteiger partial charge in [0.15, 0.2) is 0 Å². The molecule has 0 N–H and O–H groups in total. The maximum Gasteiger partial charge on any atom is 0.223 e. The molecular weight excluding hydrogens is 388 g/mol. The number of aromatic nitrogens is 1. The molecule has 0 aliphatic carbocycles. The lowest BCUT2D eigenvalue weighted by atomic mass is 10.1. The van der Waals surface area contributed by atoms with Gasteiger partial charge in [-0.1, -0.05) is 29.8 Å². The van der Waals surface area contributed by atoms with Gasteiger partial charge in [-0.2, -0.15) is 0 Å². The molecule has 7 heteroatoms. The Morgan fingerprint density at radius 1 is 1.07 bits per heavy atom. The fourth-order valence-corrected chi connectivity index (χ4v) is 4.05. The summed E-state index contributed by atoms with van der Waals surface area (Å²) in [6.45, 7) is 6.31. The van der Waals surface area contributed by atoms with E-state index in [-0.39, 0.29) is 12.0 Å². The molecule has 3 heterocycles. The van der Waals surface area contributed by atoms with Gasteiger partial charge in [0.05, 0.1) is 12.7 Å². The van der Waals surface area contributed by atoms with Crippen LogP contribution in [-0.4, -0.2) is 73.1 Å². The summed E-state index contributed by atoms with van der Waals surface area (Å²) < 4.78 is 5.92. The van der Waals surface area contributed by atoms with E-state index in [2.05, 4.69) is 14.8 Å². The Morgan fingerprint density at radius 2 is 1.86 bits per heavy atom. The second-order valence-corrected chi connectivity index (χ2v) is 7.95. The van der Waals surface area contributed by atoms with Crippen LogP contribution in [0, 0.1) is 0 Å². The average Bonchev–Trinajstić information content (AvgIpc) is 2.79. The Labute approximate surface area is 177 Å². The Kier molecular flexibility index (Phi) is 6.64. The maximum absolute atomic E-state index is 12.7. The molecule has 1 aromatic heterocycles. The third-order valence-electron chi connectivity index (χ3n) is 5.64. The average molecular weight is 415 g/mol. The number of amides is 1. The first kappa shape index (κ1) is 20.1. The lowest BCUT2D eigenvalue weighted by Gasteiger charge is -2.36. The van der Waals surface area contributed by atoms with E-state index < -0.39 is 0 Å². The summed E-state index contributed by atoms with van der Waals surface area (Å²) in [7, 11) is 0. The Morgan fingerprint density at radius 3 is 2.59 bits per heavy atom. The summed E-state index contributed by atoms with van der Waals surface area (Å²) in [5, 5.41) is 0.732. The Bertz CT molecular complexity index is 794. The zero-order chi connectivity index (χ0) is 20.1. The van der Waals surface area contributed by atoms with Gasteiger partial charge >= 0.3 is 0 Å². The number of anilines is 1. The molecule has 2 fully saturated rings. The van der Waals surface area contributed by atoms with Crippen LogP contribution in [0.2, 0.25) is 5.02 Å². The van der Waals surface area contributed by atoms with Crippen molar-refractivity contribution in [3.8, 4) is 0 Å². The van der Waals surface area contributed by atoms with Gasteiger partial charge in [0, 0.05) is 63.5 Å². The normalized spacial score (nSPS) is 20.7. The van der Waals surface area contributed by atoms with Gasteiger partial charge in [-0.05, 0) is 29.8 Å². The van der Waals surface area contributed by atoms with Crippen LogP contribution in [0.5, 0.6) is 0 Å². The van der Waals surface area contributed by atoms with Gasteiger partial charge in [-0.15, -0.1) is 0 Å². The molecule has 2 aliphatic rings. The number of ether oxygens (including phenoxy) is 1. The summed E-state index contributed by atoms with van der Waals surface area (Å²) >= 11 is 5.98. The summed E-state index contributed by atoms with van der Waals surface area (Å²) in [6.07, 6.45) is 2.40. The van der Waals surface area contributed by atoms with Crippen LogP contribution in [0.25, 0.3) is 0 Å². The molecule has 4 rings (SSSR count). The highest BCUT2D eigenvalue weighted by Gasteiger charge is 2.25. The van der Waals surface area contributed by atoms with Crippen LogP contribution in [0.15, 0.2) is 48.7 Å². The monoisotopic (exact) mass is 414 g/mol. The Balaban J connectivity index is 1.23. The maximum atomic E-state index is 12.7. The van der Waals surface area contributed by atoms with Crippen LogP contribution in [0.4, 0.5) is 5.82 Å². The lowest BCUT2D eigenvalue weighted by Crippen LogP contribution is -2.49. The molecule has 29 heavy (non-hydrogen) atoms. The zero-order valence-corrected chi connectivity index (χ0v) is 17.3. The van der Waals surface area contributed by atoms with Gasteiger partial charge < -0.3 is 14.5 Å². The highest BCUT2D eigenvalue weighted by Crippen LogP contribution is 2.24. The van der Waals surface area contributed by atoms with E-state index in [0.29, 0.717) is 13.0 Å². The van der Waals surface area contributed by atoms with Crippen LogP contribution >= 0.6 is 11.6 Å². The van der Waals surface area contributed by atoms with Crippen molar-refractivity contribution in [3.63, 3.8) is 0 Å². The van der Waals surface area contributed by atoms with Gasteiger partial charge in [0.2, 0.25) is 5.91 Å². The number of carbonyl (C=O) groups is 1. The first-order valence-electron chi connectivity index (χ1n) is 10.2. The van der Waals surface area contributed by atoms with Crippen LogP contribution < -0.4 is 4.90 Å². The van der Waals surface area contributed by atoms with Gasteiger partial charge in [-0.3, -0.25) is 9.69 Å². The molecule has 2 aromatic rings. The van der Waals surface area contributed by atoms with Crippen molar-refractivity contribution in [2.24, 2.45) is 0 Å². The quantitative estimate of drug-likeness (QED) is 0.753. The van der Waals surface area contributed by atoms with Crippen molar-refractivity contribution >= 4 is 23.3 Å². The molecule has 0 saturated carbocycles. The number of carbonyl (C=O) groups excluding carboxylic acids is 1. The summed E-state index contributed by atoms with van der Waals surface area (Å²) in [5.41, 5.74) is 1.14. The molecule has 1 amide bonds. The highest BCUT2D eigenvalue weighted by atomic mass is 35.5. The van der Waals surface area contributed by atoms with Crippen molar-refractivity contribution in [3.05, 3.63) is 59.2 Å². The first-order valence-corrected chi connectivity index (χ1v) is 10.6. The SMILES string of the molecule is O=C(CCN1CCO[C@@H](c2ccc(Cl)cc2)C1)N1CCN(c2ccccn2)CC1. The van der Waals surface area contributed by atoms with Crippen molar-refractivity contribution in [2.75, 3.05) is 57.3 Å². The predicted molar refractivity (Wildman–Crippen MR) is 114 cm³/mol. The number of benzene rings is 1. The van der Waals surface area contributed by atoms with E-state index in [1.165, 1.54) is 0 Å². The third kappa shape index (κ3) is 5.26. The number of piperazine rings is 1. The van der Waals surface area contributed by atoms with Crippen molar-refractivity contribution in [1.82, 2.24) is 14.8 Å². The summed E-state index contributed by atoms with van der Waals surface area (Å²) in [4.78, 5) is 23.6. The number of hydrogen-bond acceptors (Lipinski definition) is 5. The molecule has 2 saturated heterocycles. The zero-order valence-electron chi connectivity index (χ0n) is 16.5. The van der Waals surface area contributed by atoms with E-state index in [4.69, 9.17) is 16.3 Å². The van der Waals surface area contributed by atoms with E-state index in [9.17, 15) is 4.79 Å². The van der Waals surface area contributed by atoms with Crippen molar-refractivity contribution in [2.45, 2.75) is 12.5 Å². The number of halogens is 1. The topological polar surface area (TPSA) is 48.9 Å². The fraction of sp³-hybridized carbons (Fsp3) is 0.455. The van der Waals surface area contributed by atoms with Crippen molar-refractivity contribution in [1.29, 1.82) is 0 Å². The summed E-state index contributed by atoms with van der Waals surface area (Å²) in [6, 6.07) is 13.8. The fourth-order valence-electron chi connectivity index (χ4n) is 3.92. The largest absolute Gasteiger partial charge is 0.371 e. The number of hydrogen-bond donors (Lipinski definition) is 0. The van der Waals surface area contributed by atoms with Gasteiger partial charge in [-0.25, -0.2) is 4.98 Å². The number of pyridine rings is 1. The van der Waals surface area contributed by atoms with E-state index >= 15 is 0 Å². The Hall–Kier alpha value is -2.15. The second-order valence-electron chi connectivity index (χ2n) is 7.52. The molecule has 0 radical (unpaired) electrons. The van der Waals surface area contributed by atoms with Crippen LogP contribution in [0.3, 0.4) is 0 Å². The molecule has 6 nitrogen and oxygen atoms in total. The van der Waals surface area contributed by atoms with Crippen molar-refractivity contribution < 1.29 is 9.53 Å². The first-order chi connectivity index (χ1) is 14.2. The molecule has 1 atom stereocenters. The molecular formula is C22H27ClN4O2. The van der Waals surface area contributed by atoms with Crippen LogP contribution in [-0.2, 0) is 9.53 Å². The van der Waals surface area contributed by atoms with Gasteiger partial charge in [0.25, 0.3) is 0 Å². The van der Waals surface area contributed by atoms with E-state index in [1.807, 2.05) is 53.6 Å². The van der Waals surface area contributed by atoms with Gasteiger partial charge in [0.1, 0.15) is 5.82 Å². The minimum Gasteiger partial charge on any atom is -0.371 e. The molecule has 154 valence electrons. The molecule has 0 spiro atoms. The number of rotatable bonds is 5. The molecule has 2 aliphatic heterocycles. The van der Waals surface area contributed by atoms with E-state index in [0.717, 1.165) is 62.2 Å². The van der Waals surface area contributed by atoms with Crippen LogP contribution in [0.1, 0.15) is 18.1 Å². The number of nitrogens with zero attached hydrogens (tertiary/aromatic N) is 4. The molecule has 1 aromatic carbocycles. The second kappa shape index (κ2) is 9.57. The number of morpholine rings is 1. The minimum absolute atomic E-state index is 0.0398. The molecule has 0 unspecified atom stereocenters. The standard InChI is InChI=1S/C22H27ClN4O2/c23-19-6-4-18(5-7-19)20-17-25(15-16-29-20)10-8-22(28)27-13-11-26(12-14-27)21-3-1-2-9-24-21/h1-7,9,20H,8,10-17H2/t20-/m1/s1. The smallest absolute Gasteiger partial charge is 0.223 e. The highest BCUT2D eigenvalue weighted by molar-refractivity contribution is 6.30. The van der Waals surface area contributed by atoms with E-state index in [1.54, 1.807) is 0 Å². The minimum atomic E-state index is 0.0398. The third-order valence-corrected chi connectivity index (χ3v) is 5.89. The molecule has 0 bridgehead atoms. The lowest BCUT2D eigenvalue weighted by molar-refractivity contribution is -0.132. The predicted octanol–water partition coefficient (Wildman–Crippen LogP) is 2.85. The summed E-state index contributed by atoms with van der Waals surface area (Å²) in [5.74, 6) is 1.22.